The quantitative estimate of drug-likeness (QED) is 0.538. The van der Waals surface area contributed by atoms with Crippen LogP contribution in [0.15, 0.2) is 65.7 Å². The van der Waals surface area contributed by atoms with Gasteiger partial charge in [-0.3, -0.25) is 19.5 Å². The van der Waals surface area contributed by atoms with Crippen molar-refractivity contribution in [2.24, 2.45) is 0 Å². The molecule has 1 fully saturated rings. The Labute approximate surface area is 205 Å². The third kappa shape index (κ3) is 5.67. The molecule has 3 amide bonds. The number of urea groups is 1. The van der Waals surface area contributed by atoms with Crippen LogP contribution in [0.2, 0.25) is 5.02 Å². The van der Waals surface area contributed by atoms with Crippen molar-refractivity contribution in [3.8, 4) is 5.69 Å². The second-order valence-corrected chi connectivity index (χ2v) is 8.27. The van der Waals surface area contributed by atoms with Gasteiger partial charge in [-0.05, 0) is 37.3 Å². The summed E-state index contributed by atoms with van der Waals surface area (Å²) in [4.78, 5) is 43.4. The number of nitrogens with zero attached hydrogens (tertiary/aromatic N) is 3. The highest BCUT2D eigenvalue weighted by Gasteiger charge is 2.40. The van der Waals surface area contributed by atoms with E-state index < -0.39 is 23.8 Å². The third-order valence-electron chi connectivity index (χ3n) is 5.50. The molecule has 1 saturated heterocycles. The number of pyridine rings is 2. The molecular formula is C24H23ClFN5O4. The molecular weight excluding hydrogens is 477 g/mol. The summed E-state index contributed by atoms with van der Waals surface area (Å²) >= 11 is 5.83. The number of benzene rings is 1. The van der Waals surface area contributed by atoms with Crippen LogP contribution in [0.5, 0.6) is 0 Å². The van der Waals surface area contributed by atoms with Crippen LogP contribution >= 0.6 is 11.6 Å². The molecule has 0 radical (unpaired) electrons. The molecule has 0 spiro atoms. The summed E-state index contributed by atoms with van der Waals surface area (Å²) < 4.78 is 21.7. The zero-order chi connectivity index (χ0) is 24.9. The molecule has 0 bridgehead atoms. The minimum atomic E-state index is -0.894. The van der Waals surface area contributed by atoms with Gasteiger partial charge >= 0.3 is 6.03 Å². The van der Waals surface area contributed by atoms with Crippen LogP contribution in [0, 0.1) is 5.82 Å². The van der Waals surface area contributed by atoms with Gasteiger partial charge in [0.15, 0.2) is 0 Å². The number of halogens is 2. The fraction of sp³-hybridized carbons (Fsp3) is 0.250. The average Bonchev–Trinajstić information content (AvgIpc) is 3.27. The summed E-state index contributed by atoms with van der Waals surface area (Å²) in [6.07, 6.45) is 2.81. The van der Waals surface area contributed by atoms with Crippen molar-refractivity contribution in [3.05, 3.63) is 82.1 Å². The molecule has 182 valence electrons. The molecule has 35 heavy (non-hydrogen) atoms. The first-order chi connectivity index (χ1) is 16.9. The van der Waals surface area contributed by atoms with Crippen LogP contribution < -0.4 is 16.2 Å². The number of hydrogen-bond donors (Lipinski definition) is 2. The Morgan fingerprint density at radius 1 is 1.20 bits per heavy atom. The maximum absolute atomic E-state index is 14.8. The Bertz CT molecular complexity index is 1280. The van der Waals surface area contributed by atoms with Gasteiger partial charge in [0.1, 0.15) is 17.7 Å². The van der Waals surface area contributed by atoms with Crippen LogP contribution in [0.3, 0.4) is 0 Å². The van der Waals surface area contributed by atoms with Crippen LogP contribution in [0.25, 0.3) is 5.69 Å². The van der Waals surface area contributed by atoms with Crippen molar-refractivity contribution in [2.75, 3.05) is 23.8 Å². The molecule has 3 aromatic rings. The first-order valence-corrected chi connectivity index (χ1v) is 11.3. The number of rotatable bonds is 6. The second-order valence-electron chi connectivity index (χ2n) is 7.84. The van der Waals surface area contributed by atoms with Crippen molar-refractivity contribution < 1.29 is 18.7 Å². The SMILES string of the molecule is CCOC1CC(C(=O)Nc2ccc(-n3ccccc3=O)cc2F)N(C(=O)Nc2ccc(Cl)cn2)C1. The lowest BCUT2D eigenvalue weighted by Gasteiger charge is -2.24. The molecule has 11 heteroatoms. The Morgan fingerprint density at radius 2 is 2.03 bits per heavy atom. The van der Waals surface area contributed by atoms with E-state index in [1.54, 1.807) is 24.3 Å². The summed E-state index contributed by atoms with van der Waals surface area (Å²) in [6, 6.07) is 10.4. The standard InChI is InChI=1S/C24H23ClFN5O4/c1-2-35-17-12-20(31(14-17)24(34)29-21-9-6-15(25)13-27-21)23(33)28-19-8-7-16(11-18(19)26)30-10-4-3-5-22(30)32/h3-11,13,17,20H,2,12,14H2,1H3,(H,28,33)(H,27,29,34). The minimum absolute atomic E-state index is 0.0673. The highest BCUT2D eigenvalue weighted by atomic mass is 35.5. The zero-order valence-electron chi connectivity index (χ0n) is 18.8. The first-order valence-electron chi connectivity index (χ1n) is 10.9. The monoisotopic (exact) mass is 499 g/mol. The second kappa shape index (κ2) is 10.7. The predicted molar refractivity (Wildman–Crippen MR) is 129 cm³/mol. The number of likely N-dealkylation sites (tertiary alicyclic amines) is 1. The fourth-order valence-electron chi connectivity index (χ4n) is 3.87. The van der Waals surface area contributed by atoms with Crippen molar-refractivity contribution >= 4 is 35.0 Å². The van der Waals surface area contributed by atoms with Gasteiger partial charge in [0.2, 0.25) is 5.91 Å². The van der Waals surface area contributed by atoms with Gasteiger partial charge in [0.05, 0.1) is 22.5 Å². The highest BCUT2D eigenvalue weighted by molar-refractivity contribution is 6.30. The lowest BCUT2D eigenvalue weighted by molar-refractivity contribution is -0.119. The van der Waals surface area contributed by atoms with Crippen molar-refractivity contribution in [1.29, 1.82) is 0 Å². The number of hydrogen-bond acceptors (Lipinski definition) is 5. The summed E-state index contributed by atoms with van der Waals surface area (Å²) in [5, 5.41) is 5.61. The van der Waals surface area contributed by atoms with Gasteiger partial charge in [0.25, 0.3) is 5.56 Å². The number of nitrogens with one attached hydrogen (secondary N) is 2. The smallest absolute Gasteiger partial charge is 0.323 e. The third-order valence-corrected chi connectivity index (χ3v) is 5.73. The molecule has 1 aliphatic rings. The van der Waals surface area contributed by atoms with Gasteiger partial charge in [0, 0.05) is 44.1 Å². The van der Waals surface area contributed by atoms with E-state index in [-0.39, 0.29) is 36.1 Å². The van der Waals surface area contributed by atoms with E-state index in [0.29, 0.717) is 17.3 Å². The molecule has 1 aromatic carbocycles. The van der Waals surface area contributed by atoms with Gasteiger partial charge < -0.3 is 15.0 Å². The summed E-state index contributed by atoms with van der Waals surface area (Å²) in [5.41, 5.74) is -0.0596. The molecule has 1 aliphatic heterocycles. The fourth-order valence-corrected chi connectivity index (χ4v) is 3.98. The van der Waals surface area contributed by atoms with E-state index in [0.717, 1.165) is 6.07 Å². The van der Waals surface area contributed by atoms with E-state index in [9.17, 15) is 18.8 Å². The zero-order valence-corrected chi connectivity index (χ0v) is 19.5. The molecule has 2 unspecified atom stereocenters. The van der Waals surface area contributed by atoms with Crippen LogP contribution in [0.1, 0.15) is 13.3 Å². The maximum Gasteiger partial charge on any atom is 0.323 e. The molecule has 2 atom stereocenters. The van der Waals surface area contributed by atoms with E-state index in [2.05, 4.69) is 15.6 Å². The molecule has 9 nitrogen and oxygen atoms in total. The predicted octanol–water partition coefficient (Wildman–Crippen LogP) is 3.68. The minimum Gasteiger partial charge on any atom is -0.377 e. The van der Waals surface area contributed by atoms with E-state index in [1.165, 1.54) is 40.1 Å². The summed E-state index contributed by atoms with van der Waals surface area (Å²) in [5.74, 6) is -1.00. The summed E-state index contributed by atoms with van der Waals surface area (Å²) in [7, 11) is 0. The Balaban J connectivity index is 1.50. The molecule has 4 rings (SSSR count). The lowest BCUT2D eigenvalue weighted by Crippen LogP contribution is -2.45. The maximum atomic E-state index is 14.8. The number of aromatic nitrogens is 2. The lowest BCUT2D eigenvalue weighted by atomic mass is 10.1. The van der Waals surface area contributed by atoms with Gasteiger partial charge in [-0.25, -0.2) is 14.2 Å². The van der Waals surface area contributed by atoms with Crippen molar-refractivity contribution in [2.45, 2.75) is 25.5 Å². The largest absolute Gasteiger partial charge is 0.377 e. The van der Waals surface area contributed by atoms with Crippen LogP contribution in [-0.2, 0) is 9.53 Å². The van der Waals surface area contributed by atoms with Gasteiger partial charge in [-0.1, -0.05) is 17.7 Å². The molecule has 0 saturated carbocycles. The normalized spacial score (nSPS) is 17.3. The number of anilines is 2. The molecule has 2 aromatic heterocycles. The van der Waals surface area contributed by atoms with Gasteiger partial charge in [-0.15, -0.1) is 0 Å². The molecule has 0 aliphatic carbocycles. The Hall–Kier alpha value is -3.76. The first kappa shape index (κ1) is 24.4. The number of carbonyl (C=O) groups excluding carboxylic acids is 2. The number of carbonyl (C=O) groups is 2. The van der Waals surface area contributed by atoms with Crippen LogP contribution in [0.4, 0.5) is 20.7 Å². The number of amides is 3. The van der Waals surface area contributed by atoms with Gasteiger partial charge in [-0.2, -0.15) is 0 Å². The van der Waals surface area contributed by atoms with E-state index in [1.807, 2.05) is 6.92 Å². The Morgan fingerprint density at radius 3 is 2.71 bits per heavy atom. The molecule has 2 N–H and O–H groups in total. The highest BCUT2D eigenvalue weighted by Crippen LogP contribution is 2.25. The summed E-state index contributed by atoms with van der Waals surface area (Å²) in [6.45, 7) is 2.43. The van der Waals surface area contributed by atoms with E-state index >= 15 is 0 Å². The van der Waals surface area contributed by atoms with Crippen molar-refractivity contribution in [3.63, 3.8) is 0 Å². The Kier molecular flexibility index (Phi) is 7.42. The topological polar surface area (TPSA) is 106 Å². The number of ether oxygens (including phenoxy) is 1. The molecule has 3 heterocycles. The average molecular weight is 500 g/mol. The van der Waals surface area contributed by atoms with E-state index in [4.69, 9.17) is 16.3 Å². The van der Waals surface area contributed by atoms with Crippen molar-refractivity contribution in [1.82, 2.24) is 14.5 Å². The van der Waals surface area contributed by atoms with Crippen LogP contribution in [-0.4, -0.2) is 51.7 Å².